The Morgan fingerprint density at radius 1 is 0.426 bits per heavy atom. The summed E-state index contributed by atoms with van der Waals surface area (Å²) in [6.45, 7) is 3.44. The van der Waals surface area contributed by atoms with Crippen LogP contribution in [0.25, 0.3) is 32.9 Å². The van der Waals surface area contributed by atoms with Gasteiger partial charge in [0.1, 0.15) is 23.0 Å². The highest BCUT2D eigenvalue weighted by atomic mass is 16.5. The van der Waals surface area contributed by atoms with Gasteiger partial charge in [-0.1, -0.05) is 42.0 Å². The molecule has 6 aromatic carbocycles. The molecule has 10 nitrogen and oxygen atoms in total. The van der Waals surface area contributed by atoms with Crippen LogP contribution in [0.15, 0.2) is 153 Å². The van der Waals surface area contributed by atoms with E-state index in [0.29, 0.717) is 45.4 Å². The van der Waals surface area contributed by atoms with Crippen molar-refractivity contribution in [2.75, 3.05) is 0 Å². The van der Waals surface area contributed by atoms with Crippen molar-refractivity contribution in [3.8, 4) is 34.4 Å². The molecule has 0 aliphatic rings. The molecule has 0 radical (unpaired) electrons. The van der Waals surface area contributed by atoms with Gasteiger partial charge in [0.25, 0.3) is 22.2 Å². The average Bonchev–Trinajstić information content (AvgIpc) is 3.58. The highest BCUT2D eigenvalue weighted by molar-refractivity contribution is 6.09. The van der Waals surface area contributed by atoms with Gasteiger partial charge >= 0.3 is 0 Å². The summed E-state index contributed by atoms with van der Waals surface area (Å²) in [6.07, 6.45) is 0. The van der Waals surface area contributed by atoms with Crippen molar-refractivity contribution in [3.05, 3.63) is 197 Å². The Balaban J connectivity index is 1.02. The molecular weight excluding hydrogens is 684 g/mol. The Bertz CT molecular complexity index is 2890. The van der Waals surface area contributed by atoms with Crippen molar-refractivity contribution in [2.45, 2.75) is 13.8 Å². The second-order valence-electron chi connectivity index (χ2n) is 12.8. The minimum atomic E-state index is -0.626. The zero-order valence-corrected chi connectivity index (χ0v) is 28.9. The maximum absolute atomic E-state index is 13.6. The Morgan fingerprint density at radius 3 is 1.07 bits per heavy atom. The molecule has 0 saturated carbocycles. The van der Waals surface area contributed by atoms with Crippen molar-refractivity contribution in [1.29, 1.82) is 0 Å². The zero-order valence-electron chi connectivity index (χ0n) is 28.9. The third-order valence-electron chi connectivity index (χ3n) is 9.24. The fourth-order valence-electron chi connectivity index (χ4n) is 6.35. The molecule has 0 bridgehead atoms. The van der Waals surface area contributed by atoms with E-state index in [1.54, 1.807) is 97.1 Å². The molecule has 0 aliphatic carbocycles. The second-order valence-corrected chi connectivity index (χ2v) is 12.8. The monoisotopic (exact) mass is 712 g/mol. The fraction of sp³-hybridized carbons (Fsp3) is 0.0455. The Labute approximate surface area is 306 Å². The van der Waals surface area contributed by atoms with Crippen molar-refractivity contribution in [2.24, 2.45) is 0 Å². The van der Waals surface area contributed by atoms with E-state index in [1.807, 2.05) is 31.2 Å². The van der Waals surface area contributed by atoms with Gasteiger partial charge in [0.15, 0.2) is 11.6 Å². The molecule has 8 aromatic rings. The first-order valence-electron chi connectivity index (χ1n) is 16.9. The number of fused-ring (bicyclic) bond motifs is 2. The normalized spacial score (nSPS) is 11.2. The molecule has 0 atom stereocenters. The molecule has 2 aromatic heterocycles. The van der Waals surface area contributed by atoms with Crippen LogP contribution in [0.5, 0.6) is 23.0 Å². The zero-order chi connectivity index (χ0) is 37.7. The highest BCUT2D eigenvalue weighted by Crippen LogP contribution is 2.26. The van der Waals surface area contributed by atoms with E-state index >= 15 is 0 Å². The summed E-state index contributed by atoms with van der Waals surface area (Å²) in [7, 11) is 0. The van der Waals surface area contributed by atoms with E-state index in [9.17, 15) is 28.8 Å². The van der Waals surface area contributed by atoms with Crippen LogP contribution >= 0.6 is 0 Å². The van der Waals surface area contributed by atoms with Gasteiger partial charge in [-0.05, 0) is 111 Å². The van der Waals surface area contributed by atoms with Gasteiger partial charge in [-0.2, -0.15) is 0 Å². The number of benzene rings is 6. The summed E-state index contributed by atoms with van der Waals surface area (Å²) in [4.78, 5) is 78.6. The Morgan fingerprint density at radius 2 is 0.722 bits per heavy atom. The lowest BCUT2D eigenvalue weighted by Gasteiger charge is -2.08. The average molecular weight is 713 g/mol. The van der Waals surface area contributed by atoms with Crippen LogP contribution in [0.1, 0.15) is 38.8 Å². The van der Waals surface area contributed by atoms with Crippen molar-refractivity contribution in [1.82, 2.24) is 9.13 Å². The van der Waals surface area contributed by atoms with Crippen molar-refractivity contribution in [3.63, 3.8) is 0 Å². The summed E-state index contributed by atoms with van der Waals surface area (Å²) >= 11 is 0. The van der Waals surface area contributed by atoms with Crippen LogP contribution in [0.2, 0.25) is 0 Å². The lowest BCUT2D eigenvalue weighted by atomic mass is 10.0. The number of carbonyl (C=O) groups excluding carboxylic acids is 2. The molecule has 0 spiro atoms. The summed E-state index contributed by atoms with van der Waals surface area (Å²) in [6, 6.07) is 36.0. The summed E-state index contributed by atoms with van der Waals surface area (Å²) in [5, 5.41) is 0.106. The predicted molar refractivity (Wildman–Crippen MR) is 205 cm³/mol. The number of aromatic nitrogens is 2. The number of hydrogen-bond donors (Lipinski definition) is 0. The number of ketones is 2. The van der Waals surface area contributed by atoms with E-state index in [2.05, 4.69) is 0 Å². The molecule has 0 amide bonds. The predicted octanol–water partition coefficient (Wildman–Crippen LogP) is 7.22. The van der Waals surface area contributed by atoms with Gasteiger partial charge in [0, 0.05) is 16.7 Å². The summed E-state index contributed by atoms with van der Waals surface area (Å²) < 4.78 is 13.8. The van der Waals surface area contributed by atoms with E-state index in [4.69, 9.17) is 9.47 Å². The molecule has 0 saturated heterocycles. The number of nitrogens with zero attached hydrogens (tertiary/aromatic N) is 2. The van der Waals surface area contributed by atoms with Crippen molar-refractivity contribution < 1.29 is 19.1 Å². The molecule has 0 unspecified atom stereocenters. The smallest absolute Gasteiger partial charge is 0.266 e. The van der Waals surface area contributed by atoms with Gasteiger partial charge in [0.2, 0.25) is 0 Å². The standard InChI is InChI=1S/C44H28N2O8/c1-25-3-15-32(16-4-25)53-34-19-11-30(12-20-34)45-41(49)36-23-38-39(24-37(36)42(45)50)44(52)46(43(38)51)31-13-21-35(22-14-31)54-33-17-9-29(10-18-33)40(48)28-7-5-27(6-8-28)26(2)47/h3-24H,1-2H3. The molecule has 10 heteroatoms. The molecule has 8 rings (SSSR count). The minimum absolute atomic E-state index is 0.0216. The second kappa shape index (κ2) is 13.3. The van der Waals surface area contributed by atoms with Gasteiger partial charge in [0.05, 0.1) is 32.9 Å². The molecule has 2 heterocycles. The van der Waals surface area contributed by atoms with E-state index in [1.165, 1.54) is 19.1 Å². The number of ether oxygens (including phenoxy) is 2. The molecule has 0 fully saturated rings. The van der Waals surface area contributed by atoms with Crippen molar-refractivity contribution >= 4 is 33.1 Å². The maximum Gasteiger partial charge on any atom is 0.266 e. The maximum atomic E-state index is 13.6. The number of hydrogen-bond acceptors (Lipinski definition) is 8. The SMILES string of the molecule is CC(=O)c1ccc(C(=O)c2ccc(Oc3ccc(-n4c(=O)c5cc6c(=O)n(-c7ccc(Oc8ccc(C)cc8)cc7)c(=O)c6cc5c4=O)cc3)cc2)cc1. The van der Waals surface area contributed by atoms with Crippen LogP contribution in [0, 0.1) is 6.92 Å². The molecular formula is C44H28N2O8. The van der Waals surface area contributed by atoms with Crippen LogP contribution in [-0.4, -0.2) is 20.7 Å². The van der Waals surface area contributed by atoms with Gasteiger partial charge in [-0.25, -0.2) is 9.13 Å². The van der Waals surface area contributed by atoms with E-state index in [0.717, 1.165) is 14.7 Å². The number of rotatable bonds is 9. The Hall–Kier alpha value is -7.46. The summed E-state index contributed by atoms with van der Waals surface area (Å²) in [5.41, 5.74) is 0.650. The van der Waals surface area contributed by atoms with Gasteiger partial charge < -0.3 is 9.47 Å². The molecule has 0 N–H and O–H groups in total. The lowest BCUT2D eigenvalue weighted by molar-refractivity contribution is 0.101. The largest absolute Gasteiger partial charge is 0.457 e. The van der Waals surface area contributed by atoms with Crippen LogP contribution < -0.4 is 31.7 Å². The van der Waals surface area contributed by atoms with Crippen LogP contribution in [0.4, 0.5) is 0 Å². The number of aryl methyl sites for hydroxylation is 1. The number of carbonyl (C=O) groups is 2. The summed E-state index contributed by atoms with van der Waals surface area (Å²) in [5.74, 6) is 1.75. The number of Topliss-reactive ketones (excluding diaryl/α,β-unsaturated/α-hetero) is 1. The van der Waals surface area contributed by atoms with Crippen LogP contribution in [-0.2, 0) is 0 Å². The molecule has 54 heavy (non-hydrogen) atoms. The fourth-order valence-corrected chi connectivity index (χ4v) is 6.35. The third kappa shape index (κ3) is 6.01. The quantitative estimate of drug-likeness (QED) is 0.144. The van der Waals surface area contributed by atoms with E-state index in [-0.39, 0.29) is 38.8 Å². The third-order valence-corrected chi connectivity index (χ3v) is 9.24. The Kier molecular flexibility index (Phi) is 8.27. The lowest BCUT2D eigenvalue weighted by Crippen LogP contribution is -2.24. The van der Waals surface area contributed by atoms with Gasteiger partial charge in [-0.3, -0.25) is 28.8 Å². The highest BCUT2D eigenvalue weighted by Gasteiger charge is 2.21. The first kappa shape index (κ1) is 33.7. The topological polar surface area (TPSA) is 131 Å². The van der Waals surface area contributed by atoms with Crippen LogP contribution in [0.3, 0.4) is 0 Å². The first-order chi connectivity index (χ1) is 26.0. The minimum Gasteiger partial charge on any atom is -0.457 e. The van der Waals surface area contributed by atoms with E-state index < -0.39 is 22.2 Å². The molecule has 262 valence electrons. The van der Waals surface area contributed by atoms with Gasteiger partial charge in [-0.15, -0.1) is 0 Å². The first-order valence-corrected chi connectivity index (χ1v) is 16.9. The molecule has 0 aliphatic heterocycles.